The molecular formula is C14H15FN2. The van der Waals surface area contributed by atoms with E-state index < -0.39 is 0 Å². The van der Waals surface area contributed by atoms with Crippen molar-refractivity contribution in [2.24, 2.45) is 0 Å². The van der Waals surface area contributed by atoms with Gasteiger partial charge in [-0.1, -0.05) is 18.2 Å². The second kappa shape index (κ2) is 5.55. The van der Waals surface area contributed by atoms with Crippen LogP contribution in [0.15, 0.2) is 48.7 Å². The lowest BCUT2D eigenvalue weighted by Crippen LogP contribution is -2.17. The molecule has 1 aromatic carbocycles. The normalized spacial score (nSPS) is 10.8. The van der Waals surface area contributed by atoms with Gasteiger partial charge in [0, 0.05) is 19.3 Å². The summed E-state index contributed by atoms with van der Waals surface area (Å²) in [5.41, 5.74) is 2.00. The molecule has 0 saturated heterocycles. The number of rotatable bonds is 4. The van der Waals surface area contributed by atoms with Gasteiger partial charge in [-0.3, -0.25) is 9.88 Å². The Bertz CT molecular complexity index is 471. The second-order valence-corrected chi connectivity index (χ2v) is 4.12. The van der Waals surface area contributed by atoms with E-state index in [1.807, 2.05) is 31.3 Å². The fourth-order valence-electron chi connectivity index (χ4n) is 1.77. The summed E-state index contributed by atoms with van der Waals surface area (Å²) >= 11 is 0. The number of aromatic nitrogens is 1. The van der Waals surface area contributed by atoms with E-state index in [1.165, 1.54) is 6.07 Å². The Morgan fingerprint density at radius 3 is 2.71 bits per heavy atom. The lowest BCUT2D eigenvalue weighted by atomic mass is 10.2. The van der Waals surface area contributed by atoms with Crippen molar-refractivity contribution in [2.45, 2.75) is 13.1 Å². The van der Waals surface area contributed by atoms with Crippen LogP contribution >= 0.6 is 0 Å². The van der Waals surface area contributed by atoms with Crippen molar-refractivity contribution in [3.8, 4) is 0 Å². The third-order valence-electron chi connectivity index (χ3n) is 2.50. The van der Waals surface area contributed by atoms with E-state index in [-0.39, 0.29) is 5.82 Å². The van der Waals surface area contributed by atoms with Crippen LogP contribution in [0, 0.1) is 5.82 Å². The summed E-state index contributed by atoms with van der Waals surface area (Å²) in [6.45, 7) is 1.48. The van der Waals surface area contributed by atoms with Gasteiger partial charge in [0.1, 0.15) is 5.82 Å². The van der Waals surface area contributed by atoms with Gasteiger partial charge in [0.2, 0.25) is 0 Å². The maximum atomic E-state index is 13.0. The fourth-order valence-corrected chi connectivity index (χ4v) is 1.77. The summed E-state index contributed by atoms with van der Waals surface area (Å²) in [6.07, 6.45) is 1.78. The van der Waals surface area contributed by atoms with Crippen molar-refractivity contribution in [1.29, 1.82) is 0 Å². The monoisotopic (exact) mass is 230 g/mol. The maximum Gasteiger partial charge on any atom is 0.123 e. The molecule has 0 fully saturated rings. The number of benzene rings is 1. The average Bonchev–Trinajstić information content (AvgIpc) is 2.30. The number of hydrogen-bond donors (Lipinski definition) is 0. The van der Waals surface area contributed by atoms with Crippen LogP contribution in [0.5, 0.6) is 0 Å². The zero-order chi connectivity index (χ0) is 12.1. The number of pyridine rings is 1. The lowest BCUT2D eigenvalue weighted by molar-refractivity contribution is 0.314. The van der Waals surface area contributed by atoms with Crippen LogP contribution in [-0.4, -0.2) is 16.9 Å². The molecular weight excluding hydrogens is 215 g/mol. The van der Waals surface area contributed by atoms with Gasteiger partial charge in [0.05, 0.1) is 5.69 Å². The number of halogens is 1. The first-order chi connectivity index (χ1) is 8.24. The van der Waals surface area contributed by atoms with Gasteiger partial charge in [-0.2, -0.15) is 0 Å². The Balaban J connectivity index is 1.96. The Morgan fingerprint density at radius 1 is 1.12 bits per heavy atom. The van der Waals surface area contributed by atoms with E-state index in [1.54, 1.807) is 18.3 Å². The van der Waals surface area contributed by atoms with Gasteiger partial charge < -0.3 is 0 Å². The lowest BCUT2D eigenvalue weighted by Gasteiger charge is -2.16. The van der Waals surface area contributed by atoms with Crippen LogP contribution in [0.2, 0.25) is 0 Å². The molecule has 0 unspecified atom stereocenters. The Labute approximate surface area is 101 Å². The molecule has 0 saturated carbocycles. The van der Waals surface area contributed by atoms with Gasteiger partial charge in [-0.15, -0.1) is 0 Å². The van der Waals surface area contributed by atoms with E-state index in [4.69, 9.17) is 0 Å². The van der Waals surface area contributed by atoms with Crippen molar-refractivity contribution in [3.63, 3.8) is 0 Å². The highest BCUT2D eigenvalue weighted by atomic mass is 19.1. The molecule has 2 rings (SSSR count). The molecule has 2 aromatic rings. The average molecular weight is 230 g/mol. The molecule has 3 heteroatoms. The second-order valence-electron chi connectivity index (χ2n) is 4.12. The molecule has 0 radical (unpaired) electrons. The third kappa shape index (κ3) is 3.64. The topological polar surface area (TPSA) is 16.1 Å². The first-order valence-corrected chi connectivity index (χ1v) is 5.57. The highest BCUT2D eigenvalue weighted by Gasteiger charge is 2.03. The van der Waals surface area contributed by atoms with E-state index in [0.29, 0.717) is 6.54 Å². The van der Waals surface area contributed by atoms with E-state index >= 15 is 0 Å². The van der Waals surface area contributed by atoms with Crippen molar-refractivity contribution >= 4 is 0 Å². The van der Waals surface area contributed by atoms with E-state index in [9.17, 15) is 4.39 Å². The molecule has 0 amide bonds. The highest BCUT2D eigenvalue weighted by Crippen LogP contribution is 2.08. The molecule has 0 aliphatic heterocycles. The van der Waals surface area contributed by atoms with Crippen LogP contribution in [0.1, 0.15) is 11.3 Å². The van der Waals surface area contributed by atoms with E-state index in [2.05, 4.69) is 9.88 Å². The van der Waals surface area contributed by atoms with Crippen molar-refractivity contribution in [2.75, 3.05) is 7.05 Å². The Morgan fingerprint density at radius 2 is 2.00 bits per heavy atom. The molecule has 0 spiro atoms. The molecule has 88 valence electrons. The molecule has 1 aromatic heterocycles. The fraction of sp³-hybridized carbons (Fsp3) is 0.214. The molecule has 0 atom stereocenters. The molecule has 0 aliphatic rings. The quantitative estimate of drug-likeness (QED) is 0.803. The zero-order valence-corrected chi connectivity index (χ0v) is 9.81. The predicted molar refractivity (Wildman–Crippen MR) is 65.8 cm³/mol. The number of nitrogens with zero attached hydrogens (tertiary/aromatic N) is 2. The minimum atomic E-state index is -0.186. The molecule has 0 aliphatic carbocycles. The maximum absolute atomic E-state index is 13.0. The first kappa shape index (κ1) is 11.7. The molecule has 2 nitrogen and oxygen atoms in total. The molecule has 0 N–H and O–H groups in total. The highest BCUT2D eigenvalue weighted by molar-refractivity contribution is 5.16. The van der Waals surface area contributed by atoms with E-state index in [0.717, 1.165) is 17.8 Å². The molecule has 0 bridgehead atoms. The van der Waals surface area contributed by atoms with Gasteiger partial charge in [0.25, 0.3) is 0 Å². The van der Waals surface area contributed by atoms with Gasteiger partial charge in [-0.05, 0) is 36.9 Å². The van der Waals surface area contributed by atoms with Crippen LogP contribution in [0.4, 0.5) is 4.39 Å². The van der Waals surface area contributed by atoms with Crippen LogP contribution in [0.25, 0.3) is 0 Å². The summed E-state index contributed by atoms with van der Waals surface area (Å²) in [5.74, 6) is -0.186. The Hall–Kier alpha value is -1.74. The van der Waals surface area contributed by atoms with Gasteiger partial charge in [0.15, 0.2) is 0 Å². The third-order valence-corrected chi connectivity index (χ3v) is 2.50. The van der Waals surface area contributed by atoms with Crippen LogP contribution in [0.3, 0.4) is 0 Å². The van der Waals surface area contributed by atoms with Crippen LogP contribution < -0.4 is 0 Å². The molecule has 1 heterocycles. The summed E-state index contributed by atoms with van der Waals surface area (Å²) < 4.78 is 13.0. The van der Waals surface area contributed by atoms with Crippen LogP contribution in [-0.2, 0) is 13.1 Å². The number of hydrogen-bond acceptors (Lipinski definition) is 2. The van der Waals surface area contributed by atoms with Crippen molar-refractivity contribution in [3.05, 3.63) is 65.7 Å². The zero-order valence-electron chi connectivity index (χ0n) is 9.81. The SMILES string of the molecule is CN(Cc1cccc(F)c1)Cc1ccccn1. The summed E-state index contributed by atoms with van der Waals surface area (Å²) in [7, 11) is 2.00. The largest absolute Gasteiger partial charge is 0.296 e. The molecule has 17 heavy (non-hydrogen) atoms. The minimum absolute atomic E-state index is 0.186. The van der Waals surface area contributed by atoms with Crippen molar-refractivity contribution < 1.29 is 4.39 Å². The predicted octanol–water partition coefficient (Wildman–Crippen LogP) is 2.85. The Kier molecular flexibility index (Phi) is 3.83. The van der Waals surface area contributed by atoms with Gasteiger partial charge >= 0.3 is 0 Å². The summed E-state index contributed by atoms with van der Waals surface area (Å²) in [5, 5.41) is 0. The smallest absolute Gasteiger partial charge is 0.123 e. The first-order valence-electron chi connectivity index (χ1n) is 5.57. The standard InChI is InChI=1S/C14H15FN2/c1-17(11-14-7-2-3-8-16-14)10-12-5-4-6-13(15)9-12/h2-9H,10-11H2,1H3. The van der Waals surface area contributed by atoms with Gasteiger partial charge in [-0.25, -0.2) is 4.39 Å². The summed E-state index contributed by atoms with van der Waals surface area (Å²) in [6, 6.07) is 12.5. The van der Waals surface area contributed by atoms with Crippen molar-refractivity contribution in [1.82, 2.24) is 9.88 Å². The minimum Gasteiger partial charge on any atom is -0.296 e. The summed E-state index contributed by atoms with van der Waals surface area (Å²) in [4.78, 5) is 6.37.